The lowest BCUT2D eigenvalue weighted by Gasteiger charge is -2.26. The van der Waals surface area contributed by atoms with Crippen LogP contribution in [-0.2, 0) is 9.59 Å². The molecule has 0 unspecified atom stereocenters. The number of amides is 1. The second-order valence-corrected chi connectivity index (χ2v) is 4.34. The molecule has 8 heteroatoms. The SMILES string of the molecule is CCC(=O)NC1CCC(N)CC1.O=C(O)C(F)(F)F. The second-order valence-electron chi connectivity index (χ2n) is 4.34. The van der Waals surface area contributed by atoms with Gasteiger partial charge in [0.1, 0.15) is 0 Å². The van der Waals surface area contributed by atoms with E-state index in [9.17, 15) is 18.0 Å². The number of carbonyl (C=O) groups is 2. The number of nitrogens with one attached hydrogen (secondary N) is 1. The van der Waals surface area contributed by atoms with Crippen molar-refractivity contribution in [2.75, 3.05) is 0 Å². The number of carboxylic acid groups (broad SMARTS) is 1. The molecule has 0 heterocycles. The summed E-state index contributed by atoms with van der Waals surface area (Å²) in [5, 5.41) is 10.1. The summed E-state index contributed by atoms with van der Waals surface area (Å²) in [6, 6.07) is 0.747. The average Bonchev–Trinajstić information content (AvgIpc) is 2.31. The second kappa shape index (κ2) is 7.98. The number of carboxylic acids is 1. The van der Waals surface area contributed by atoms with E-state index in [1.807, 2.05) is 6.92 Å². The Balaban J connectivity index is 0.000000399. The van der Waals surface area contributed by atoms with Crippen LogP contribution in [0.15, 0.2) is 0 Å². The Morgan fingerprint density at radius 1 is 1.26 bits per heavy atom. The van der Waals surface area contributed by atoms with Gasteiger partial charge in [0.25, 0.3) is 0 Å². The van der Waals surface area contributed by atoms with E-state index in [2.05, 4.69) is 5.32 Å². The third-order valence-corrected chi connectivity index (χ3v) is 2.70. The van der Waals surface area contributed by atoms with Gasteiger partial charge in [0.05, 0.1) is 0 Å². The molecule has 0 bridgehead atoms. The van der Waals surface area contributed by atoms with E-state index in [1.54, 1.807) is 0 Å². The maximum Gasteiger partial charge on any atom is 0.490 e. The van der Waals surface area contributed by atoms with Crippen molar-refractivity contribution in [2.24, 2.45) is 5.73 Å². The molecule has 1 amide bonds. The van der Waals surface area contributed by atoms with E-state index < -0.39 is 12.1 Å². The van der Waals surface area contributed by atoms with Gasteiger partial charge in [-0.25, -0.2) is 4.79 Å². The molecule has 4 N–H and O–H groups in total. The van der Waals surface area contributed by atoms with Crippen LogP contribution in [0.25, 0.3) is 0 Å². The topological polar surface area (TPSA) is 92.4 Å². The summed E-state index contributed by atoms with van der Waals surface area (Å²) in [6.45, 7) is 1.88. The van der Waals surface area contributed by atoms with Crippen molar-refractivity contribution in [3.05, 3.63) is 0 Å². The molecule has 1 fully saturated rings. The molecule has 0 aromatic carbocycles. The van der Waals surface area contributed by atoms with Crippen LogP contribution >= 0.6 is 0 Å². The van der Waals surface area contributed by atoms with Crippen molar-refractivity contribution in [1.82, 2.24) is 5.32 Å². The third-order valence-electron chi connectivity index (χ3n) is 2.70. The molecule has 0 spiro atoms. The Morgan fingerprint density at radius 3 is 2.00 bits per heavy atom. The number of hydrogen-bond donors (Lipinski definition) is 3. The van der Waals surface area contributed by atoms with Gasteiger partial charge in [0, 0.05) is 18.5 Å². The number of alkyl halides is 3. The summed E-state index contributed by atoms with van der Waals surface area (Å²) < 4.78 is 31.7. The quantitative estimate of drug-likeness (QED) is 0.715. The van der Waals surface area contributed by atoms with Crippen LogP contribution in [0.4, 0.5) is 13.2 Å². The molecule has 1 rings (SSSR count). The van der Waals surface area contributed by atoms with Crippen LogP contribution in [0.3, 0.4) is 0 Å². The van der Waals surface area contributed by atoms with Gasteiger partial charge in [-0.2, -0.15) is 13.2 Å². The number of halogens is 3. The minimum absolute atomic E-state index is 0.162. The van der Waals surface area contributed by atoms with E-state index in [4.69, 9.17) is 15.6 Å². The summed E-state index contributed by atoms with van der Waals surface area (Å²) >= 11 is 0. The monoisotopic (exact) mass is 284 g/mol. The van der Waals surface area contributed by atoms with E-state index >= 15 is 0 Å². The van der Waals surface area contributed by atoms with Crippen LogP contribution < -0.4 is 11.1 Å². The molecule has 1 aliphatic rings. The normalized spacial score (nSPS) is 23.0. The van der Waals surface area contributed by atoms with Crippen LogP contribution in [0.1, 0.15) is 39.0 Å². The van der Waals surface area contributed by atoms with Gasteiger partial charge >= 0.3 is 12.1 Å². The van der Waals surface area contributed by atoms with Crippen molar-refractivity contribution in [1.29, 1.82) is 0 Å². The van der Waals surface area contributed by atoms with Gasteiger partial charge in [-0.1, -0.05) is 6.92 Å². The Kier molecular flexibility index (Phi) is 7.43. The summed E-state index contributed by atoms with van der Waals surface area (Å²) in [7, 11) is 0. The Labute approximate surface area is 109 Å². The fraction of sp³-hybridized carbons (Fsp3) is 0.818. The van der Waals surface area contributed by atoms with Crippen LogP contribution in [0.2, 0.25) is 0 Å². The number of nitrogens with two attached hydrogens (primary N) is 1. The first-order valence-electron chi connectivity index (χ1n) is 6.01. The first-order valence-corrected chi connectivity index (χ1v) is 6.01. The molecular formula is C11H19F3N2O3. The number of rotatable bonds is 2. The first kappa shape index (κ1) is 17.7. The van der Waals surface area contributed by atoms with E-state index in [1.165, 1.54) is 0 Å². The van der Waals surface area contributed by atoms with Crippen LogP contribution in [0.5, 0.6) is 0 Å². The fourth-order valence-electron chi connectivity index (χ4n) is 1.59. The standard InChI is InChI=1S/C9H18N2O.C2HF3O2/c1-2-9(12)11-8-5-3-7(10)4-6-8;3-2(4,5)1(6)7/h7-8H,2-6,10H2,1H3,(H,11,12);(H,6,7). The predicted octanol–water partition coefficient (Wildman–Crippen LogP) is 1.42. The van der Waals surface area contributed by atoms with Gasteiger partial charge in [0.2, 0.25) is 5.91 Å². The smallest absolute Gasteiger partial charge is 0.475 e. The van der Waals surface area contributed by atoms with Crippen LogP contribution in [-0.4, -0.2) is 35.2 Å². The minimum atomic E-state index is -5.08. The zero-order chi connectivity index (χ0) is 15.1. The zero-order valence-corrected chi connectivity index (χ0v) is 10.7. The van der Waals surface area contributed by atoms with Crippen molar-refractivity contribution in [3.8, 4) is 0 Å². The molecule has 0 radical (unpaired) electrons. The molecule has 0 aromatic heterocycles. The van der Waals surface area contributed by atoms with Crippen molar-refractivity contribution < 1.29 is 27.9 Å². The summed E-state index contributed by atoms with van der Waals surface area (Å²) in [4.78, 5) is 19.9. The maximum absolute atomic E-state index is 11.0. The fourth-order valence-corrected chi connectivity index (χ4v) is 1.59. The molecule has 0 atom stereocenters. The molecule has 1 aliphatic carbocycles. The largest absolute Gasteiger partial charge is 0.490 e. The lowest BCUT2D eigenvalue weighted by atomic mass is 9.92. The Hall–Kier alpha value is -1.31. The van der Waals surface area contributed by atoms with Gasteiger partial charge in [0.15, 0.2) is 0 Å². The third kappa shape index (κ3) is 8.41. The molecular weight excluding hydrogens is 265 g/mol. The van der Waals surface area contributed by atoms with Crippen molar-refractivity contribution in [2.45, 2.75) is 57.3 Å². The van der Waals surface area contributed by atoms with E-state index in [0.717, 1.165) is 25.7 Å². The number of carbonyl (C=O) groups excluding carboxylic acids is 1. The van der Waals surface area contributed by atoms with Gasteiger partial charge < -0.3 is 16.2 Å². The molecule has 1 saturated carbocycles. The summed E-state index contributed by atoms with van der Waals surface area (Å²) in [5.41, 5.74) is 5.75. The lowest BCUT2D eigenvalue weighted by molar-refractivity contribution is -0.192. The lowest BCUT2D eigenvalue weighted by Crippen LogP contribution is -2.40. The van der Waals surface area contributed by atoms with Gasteiger partial charge in [-0.3, -0.25) is 4.79 Å². The molecule has 5 nitrogen and oxygen atoms in total. The highest BCUT2D eigenvalue weighted by atomic mass is 19.4. The average molecular weight is 284 g/mol. The Morgan fingerprint density at radius 2 is 1.68 bits per heavy atom. The summed E-state index contributed by atoms with van der Waals surface area (Å²) in [6.07, 6.45) is -0.300. The van der Waals surface area contributed by atoms with E-state index in [0.29, 0.717) is 18.5 Å². The van der Waals surface area contributed by atoms with Gasteiger partial charge in [-0.15, -0.1) is 0 Å². The highest BCUT2D eigenvalue weighted by molar-refractivity contribution is 5.75. The number of hydrogen-bond acceptors (Lipinski definition) is 3. The Bertz CT molecular complexity index is 300. The van der Waals surface area contributed by atoms with Gasteiger partial charge in [-0.05, 0) is 25.7 Å². The van der Waals surface area contributed by atoms with E-state index in [-0.39, 0.29) is 5.91 Å². The van der Waals surface area contributed by atoms with Crippen LogP contribution in [0, 0.1) is 0 Å². The van der Waals surface area contributed by atoms with Crippen molar-refractivity contribution in [3.63, 3.8) is 0 Å². The number of aliphatic carboxylic acids is 1. The molecule has 0 saturated heterocycles. The molecule has 112 valence electrons. The van der Waals surface area contributed by atoms with Crippen molar-refractivity contribution >= 4 is 11.9 Å². The zero-order valence-electron chi connectivity index (χ0n) is 10.7. The maximum atomic E-state index is 11.0. The molecule has 0 aliphatic heterocycles. The first-order chi connectivity index (χ1) is 8.66. The predicted molar refractivity (Wildman–Crippen MR) is 62.4 cm³/mol. The molecule has 0 aromatic rings. The molecule has 19 heavy (non-hydrogen) atoms. The minimum Gasteiger partial charge on any atom is -0.475 e. The highest BCUT2D eigenvalue weighted by Crippen LogP contribution is 2.16. The summed E-state index contributed by atoms with van der Waals surface area (Å²) in [5.74, 6) is -2.59. The highest BCUT2D eigenvalue weighted by Gasteiger charge is 2.38.